The number of fused-ring (bicyclic) bond motifs is 1. The molecular formula is C16H12BrN3O3S. The van der Waals surface area contributed by atoms with Crippen molar-refractivity contribution in [3.05, 3.63) is 67.4 Å². The zero-order valence-electron chi connectivity index (χ0n) is 12.6. The molecule has 6 nitrogen and oxygen atoms in total. The molecule has 1 amide bonds. The van der Waals surface area contributed by atoms with Gasteiger partial charge < -0.3 is 4.57 Å². The Balaban J connectivity index is 2.16. The van der Waals surface area contributed by atoms with Gasteiger partial charge in [0.2, 0.25) is 0 Å². The lowest BCUT2D eigenvalue weighted by atomic mass is 10.2. The van der Waals surface area contributed by atoms with E-state index in [4.69, 9.17) is 0 Å². The van der Waals surface area contributed by atoms with Crippen LogP contribution in [0.3, 0.4) is 0 Å². The predicted molar refractivity (Wildman–Crippen MR) is 96.2 cm³/mol. The van der Waals surface area contributed by atoms with Crippen molar-refractivity contribution in [3.8, 4) is 0 Å². The molecule has 3 rings (SSSR count). The van der Waals surface area contributed by atoms with Crippen molar-refractivity contribution in [2.45, 2.75) is 13.5 Å². The Kier molecular flexibility index (Phi) is 4.59. The van der Waals surface area contributed by atoms with Gasteiger partial charge in [-0.25, -0.2) is 0 Å². The highest BCUT2D eigenvalue weighted by Crippen LogP contribution is 2.23. The molecule has 0 radical (unpaired) electrons. The van der Waals surface area contributed by atoms with Crippen LogP contribution in [0.15, 0.2) is 51.9 Å². The maximum Gasteiger partial charge on any atom is 0.280 e. The van der Waals surface area contributed by atoms with Crippen molar-refractivity contribution in [2.24, 2.45) is 4.99 Å². The molecule has 0 atom stereocenters. The third kappa shape index (κ3) is 3.02. The summed E-state index contributed by atoms with van der Waals surface area (Å²) in [6.45, 7) is 2.55. The second-order valence-corrected chi connectivity index (χ2v) is 6.80. The molecule has 0 aliphatic heterocycles. The van der Waals surface area contributed by atoms with Crippen LogP contribution in [0.2, 0.25) is 0 Å². The molecule has 8 heteroatoms. The van der Waals surface area contributed by atoms with Crippen LogP contribution in [-0.2, 0) is 6.54 Å². The molecule has 0 N–H and O–H groups in total. The largest absolute Gasteiger partial charge is 0.317 e. The molecule has 0 fully saturated rings. The Bertz CT molecular complexity index is 1020. The first-order chi connectivity index (χ1) is 11.5. The van der Waals surface area contributed by atoms with E-state index in [-0.39, 0.29) is 11.6 Å². The number of hydrogen-bond acceptors (Lipinski definition) is 4. The van der Waals surface area contributed by atoms with Gasteiger partial charge in [-0.3, -0.25) is 14.9 Å². The molecule has 0 saturated heterocycles. The number of carbonyl (C=O) groups excluding carboxylic acids is 1. The summed E-state index contributed by atoms with van der Waals surface area (Å²) in [7, 11) is 0. The van der Waals surface area contributed by atoms with Crippen LogP contribution in [0.4, 0.5) is 5.69 Å². The summed E-state index contributed by atoms with van der Waals surface area (Å²) in [4.78, 5) is 27.7. The molecular weight excluding hydrogens is 394 g/mol. The van der Waals surface area contributed by atoms with E-state index in [1.807, 2.05) is 17.6 Å². The van der Waals surface area contributed by atoms with Crippen LogP contribution in [0.5, 0.6) is 0 Å². The topological polar surface area (TPSA) is 77.5 Å². The zero-order chi connectivity index (χ0) is 17.3. The van der Waals surface area contributed by atoms with Crippen molar-refractivity contribution in [2.75, 3.05) is 0 Å². The number of aromatic nitrogens is 1. The van der Waals surface area contributed by atoms with E-state index >= 15 is 0 Å². The Morgan fingerprint density at radius 3 is 2.75 bits per heavy atom. The van der Waals surface area contributed by atoms with Gasteiger partial charge in [-0.2, -0.15) is 4.99 Å². The third-order valence-corrected chi connectivity index (χ3v) is 5.23. The van der Waals surface area contributed by atoms with Gasteiger partial charge in [-0.1, -0.05) is 23.5 Å². The molecule has 3 aromatic rings. The van der Waals surface area contributed by atoms with Crippen LogP contribution < -0.4 is 4.80 Å². The monoisotopic (exact) mass is 405 g/mol. The molecule has 0 unspecified atom stereocenters. The lowest BCUT2D eigenvalue weighted by molar-refractivity contribution is -0.384. The zero-order valence-corrected chi connectivity index (χ0v) is 15.0. The van der Waals surface area contributed by atoms with Crippen LogP contribution in [0.25, 0.3) is 10.2 Å². The fraction of sp³-hybridized carbons (Fsp3) is 0.125. The summed E-state index contributed by atoms with van der Waals surface area (Å²) >= 11 is 4.61. The highest BCUT2D eigenvalue weighted by atomic mass is 79.9. The molecule has 0 spiro atoms. The molecule has 0 bridgehead atoms. The van der Waals surface area contributed by atoms with Gasteiger partial charge >= 0.3 is 0 Å². The van der Waals surface area contributed by atoms with Gasteiger partial charge in [0, 0.05) is 23.2 Å². The van der Waals surface area contributed by atoms with Crippen LogP contribution in [-0.4, -0.2) is 15.4 Å². The minimum atomic E-state index is -0.432. The molecule has 0 saturated carbocycles. The van der Waals surface area contributed by atoms with Gasteiger partial charge in [0.05, 0.1) is 20.7 Å². The smallest absolute Gasteiger partial charge is 0.280 e. The quantitative estimate of drug-likeness (QED) is 0.485. The van der Waals surface area contributed by atoms with Gasteiger partial charge in [0.1, 0.15) is 0 Å². The minimum absolute atomic E-state index is 0.0238. The maximum atomic E-state index is 12.4. The van der Waals surface area contributed by atoms with Crippen molar-refractivity contribution < 1.29 is 9.72 Å². The lowest BCUT2D eigenvalue weighted by Gasteiger charge is -2.01. The van der Waals surface area contributed by atoms with E-state index in [9.17, 15) is 14.9 Å². The number of nitro groups is 1. The first kappa shape index (κ1) is 16.5. The first-order valence-electron chi connectivity index (χ1n) is 7.12. The van der Waals surface area contributed by atoms with E-state index in [0.29, 0.717) is 21.4 Å². The number of rotatable bonds is 3. The number of nitro benzene ring substituents is 1. The fourth-order valence-corrected chi connectivity index (χ4v) is 3.93. The normalized spacial score (nSPS) is 11.8. The van der Waals surface area contributed by atoms with Crippen molar-refractivity contribution >= 4 is 49.1 Å². The van der Waals surface area contributed by atoms with Gasteiger partial charge in [-0.15, -0.1) is 0 Å². The third-order valence-electron chi connectivity index (χ3n) is 3.49. The molecule has 1 heterocycles. The van der Waals surface area contributed by atoms with Crippen LogP contribution in [0, 0.1) is 10.1 Å². The molecule has 24 heavy (non-hydrogen) atoms. The average molecular weight is 406 g/mol. The molecule has 122 valence electrons. The Morgan fingerprint density at radius 1 is 1.33 bits per heavy atom. The van der Waals surface area contributed by atoms with Crippen LogP contribution >= 0.6 is 27.3 Å². The van der Waals surface area contributed by atoms with Gasteiger partial charge in [0.25, 0.3) is 11.6 Å². The Labute approximate surface area is 149 Å². The average Bonchev–Trinajstić information content (AvgIpc) is 2.91. The van der Waals surface area contributed by atoms with E-state index in [0.717, 1.165) is 10.2 Å². The maximum absolute atomic E-state index is 12.4. The van der Waals surface area contributed by atoms with Crippen molar-refractivity contribution in [3.63, 3.8) is 0 Å². The molecule has 0 aliphatic carbocycles. The first-order valence-corrected chi connectivity index (χ1v) is 8.73. The number of carbonyl (C=O) groups is 1. The number of hydrogen-bond donors (Lipinski definition) is 0. The fourth-order valence-electron chi connectivity index (χ4n) is 2.35. The standard InChI is InChI=1S/C16H12BrN3O3S/c1-2-19-13-8-7-10(20(22)23)9-14(13)24-16(19)18-15(21)11-5-3-4-6-12(11)17/h3-9H,2H2,1H3. The Hall–Kier alpha value is -2.32. The van der Waals surface area contributed by atoms with E-state index < -0.39 is 4.92 Å². The van der Waals surface area contributed by atoms with E-state index in [1.54, 1.807) is 24.3 Å². The predicted octanol–water partition coefficient (Wildman–Crippen LogP) is 4.13. The lowest BCUT2D eigenvalue weighted by Crippen LogP contribution is -2.16. The summed E-state index contributed by atoms with van der Waals surface area (Å²) in [5.41, 5.74) is 1.33. The summed E-state index contributed by atoms with van der Waals surface area (Å²) in [6.07, 6.45) is 0. The summed E-state index contributed by atoms with van der Waals surface area (Å²) in [6, 6.07) is 11.7. The van der Waals surface area contributed by atoms with E-state index in [2.05, 4.69) is 20.9 Å². The van der Waals surface area contributed by atoms with Crippen molar-refractivity contribution in [1.29, 1.82) is 0 Å². The van der Waals surface area contributed by atoms with Gasteiger partial charge in [-0.05, 0) is 41.1 Å². The number of benzene rings is 2. The SMILES string of the molecule is CCn1c(=NC(=O)c2ccccc2Br)sc2cc([N+](=O)[O-])ccc21. The summed E-state index contributed by atoms with van der Waals surface area (Å²) < 4.78 is 3.28. The highest BCUT2D eigenvalue weighted by Gasteiger charge is 2.13. The second-order valence-electron chi connectivity index (χ2n) is 4.93. The van der Waals surface area contributed by atoms with Crippen molar-refractivity contribution in [1.82, 2.24) is 4.57 Å². The van der Waals surface area contributed by atoms with Gasteiger partial charge in [0.15, 0.2) is 4.80 Å². The van der Waals surface area contributed by atoms with Crippen LogP contribution in [0.1, 0.15) is 17.3 Å². The number of non-ortho nitro benzene ring substituents is 1. The number of aryl methyl sites for hydroxylation is 1. The molecule has 2 aromatic carbocycles. The number of amides is 1. The number of halogens is 1. The molecule has 1 aromatic heterocycles. The summed E-state index contributed by atoms with van der Waals surface area (Å²) in [5.74, 6) is -0.356. The molecule has 0 aliphatic rings. The highest BCUT2D eigenvalue weighted by molar-refractivity contribution is 9.10. The second kappa shape index (κ2) is 6.66. The Morgan fingerprint density at radius 2 is 2.08 bits per heavy atom. The minimum Gasteiger partial charge on any atom is -0.317 e. The van der Waals surface area contributed by atoms with E-state index in [1.165, 1.54) is 23.5 Å². The number of thiazole rings is 1. The number of nitrogens with zero attached hydrogens (tertiary/aromatic N) is 3. The summed E-state index contributed by atoms with van der Waals surface area (Å²) in [5, 5.41) is 10.9.